The molecule has 0 amide bonds. The third-order valence-corrected chi connectivity index (χ3v) is 3.11. The van der Waals surface area contributed by atoms with Crippen LogP contribution in [0.5, 0.6) is 0 Å². The van der Waals surface area contributed by atoms with Crippen molar-refractivity contribution in [1.82, 2.24) is 0 Å². The summed E-state index contributed by atoms with van der Waals surface area (Å²) in [5.41, 5.74) is 0.674. The molecule has 0 unspecified atom stereocenters. The molecule has 0 aliphatic carbocycles. The molecule has 0 N–H and O–H groups in total. The van der Waals surface area contributed by atoms with Gasteiger partial charge < -0.3 is 4.43 Å². The Hall–Kier alpha value is -0.413. The normalized spacial score (nSPS) is 10.8. The largest absolute Gasteiger partial charge is 0.424 e. The Labute approximate surface area is 76.9 Å². The highest BCUT2D eigenvalue weighted by molar-refractivity contribution is 6.27. The van der Waals surface area contributed by atoms with Crippen LogP contribution in [0.4, 0.5) is 0 Å². The summed E-state index contributed by atoms with van der Waals surface area (Å²) >= 11 is 0. The monoisotopic (exact) mass is 186 g/mol. The minimum atomic E-state index is -0.338. The molecule has 0 saturated heterocycles. The summed E-state index contributed by atoms with van der Waals surface area (Å²) in [6.07, 6.45) is 1.62. The fourth-order valence-corrected chi connectivity index (χ4v) is 1.79. The summed E-state index contributed by atoms with van der Waals surface area (Å²) in [6, 6.07) is 1.10. The number of rotatable bonds is 7. The van der Waals surface area contributed by atoms with E-state index in [1.807, 2.05) is 6.92 Å². The molecule has 12 heavy (non-hydrogen) atoms. The van der Waals surface area contributed by atoms with Gasteiger partial charge in [-0.3, -0.25) is 4.79 Å². The van der Waals surface area contributed by atoms with E-state index in [1.54, 1.807) is 6.92 Å². The molecule has 0 rings (SSSR count). The first-order valence-corrected chi connectivity index (χ1v) is 6.02. The van der Waals surface area contributed by atoms with Crippen molar-refractivity contribution < 1.29 is 9.22 Å². The Bertz CT molecular complexity index is 155. The van der Waals surface area contributed by atoms with Gasteiger partial charge in [0, 0.05) is 13.0 Å². The van der Waals surface area contributed by atoms with Gasteiger partial charge in [-0.2, -0.15) is 0 Å². The topological polar surface area (TPSA) is 26.3 Å². The van der Waals surface area contributed by atoms with Gasteiger partial charge >= 0.3 is 0 Å². The van der Waals surface area contributed by atoms with Crippen LogP contribution in [0.3, 0.4) is 0 Å². The highest BCUT2D eigenvalue weighted by Gasteiger charge is 2.00. The van der Waals surface area contributed by atoms with Crippen molar-refractivity contribution in [1.29, 1.82) is 0 Å². The van der Waals surface area contributed by atoms with E-state index in [4.69, 9.17) is 4.43 Å². The quantitative estimate of drug-likeness (QED) is 0.342. The van der Waals surface area contributed by atoms with Crippen LogP contribution >= 0.6 is 0 Å². The first-order valence-electron chi connectivity index (χ1n) is 4.45. The van der Waals surface area contributed by atoms with Crippen LogP contribution in [0.15, 0.2) is 12.2 Å². The molecule has 0 heterocycles. The van der Waals surface area contributed by atoms with Crippen molar-refractivity contribution in [2.24, 2.45) is 0 Å². The lowest BCUT2D eigenvalue weighted by Gasteiger charge is -2.00. The number of carbonyl (C=O) groups is 1. The molecule has 3 heteroatoms. The van der Waals surface area contributed by atoms with Gasteiger partial charge in [-0.1, -0.05) is 6.58 Å². The number of ketones is 1. The molecule has 0 aliphatic heterocycles. The van der Waals surface area contributed by atoms with Crippen LogP contribution in [0.2, 0.25) is 6.04 Å². The third kappa shape index (κ3) is 6.31. The maximum atomic E-state index is 11.1. The molecule has 0 aliphatic rings. The molecular formula is C9H18O2Si. The van der Waals surface area contributed by atoms with Crippen molar-refractivity contribution in [3.63, 3.8) is 0 Å². The summed E-state index contributed by atoms with van der Waals surface area (Å²) < 4.78 is 5.28. The highest BCUT2D eigenvalue weighted by atomic mass is 28.2. The van der Waals surface area contributed by atoms with Gasteiger partial charge in [-0.05, 0) is 31.9 Å². The number of hydrogen-bond donors (Lipinski definition) is 0. The molecule has 0 spiro atoms. The molecule has 0 aromatic carbocycles. The van der Waals surface area contributed by atoms with E-state index in [0.717, 1.165) is 19.1 Å². The summed E-state index contributed by atoms with van der Waals surface area (Å²) in [7, 11) is -0.338. The van der Waals surface area contributed by atoms with E-state index in [-0.39, 0.29) is 15.5 Å². The van der Waals surface area contributed by atoms with Gasteiger partial charge in [-0.15, -0.1) is 0 Å². The molecule has 0 fully saturated rings. The maximum absolute atomic E-state index is 11.1. The van der Waals surface area contributed by atoms with Crippen LogP contribution in [-0.2, 0) is 9.22 Å². The van der Waals surface area contributed by atoms with E-state index < -0.39 is 0 Å². The summed E-state index contributed by atoms with van der Waals surface area (Å²) in [4.78, 5) is 11.1. The fourth-order valence-electron chi connectivity index (χ4n) is 0.847. The number of hydrogen-bond acceptors (Lipinski definition) is 2. The van der Waals surface area contributed by atoms with Gasteiger partial charge in [0.1, 0.15) is 0 Å². The molecule has 0 radical (unpaired) electrons. The van der Waals surface area contributed by atoms with Crippen molar-refractivity contribution in [3.05, 3.63) is 12.2 Å². The predicted octanol–water partition coefficient (Wildman–Crippen LogP) is 1.45. The molecular weight excluding hydrogens is 168 g/mol. The van der Waals surface area contributed by atoms with E-state index in [9.17, 15) is 4.79 Å². The number of allylic oxidation sites excluding steroid dienone is 1. The highest BCUT2D eigenvalue weighted by Crippen LogP contribution is 2.02. The smallest absolute Gasteiger partial charge is 0.161 e. The van der Waals surface area contributed by atoms with Gasteiger partial charge in [0.2, 0.25) is 0 Å². The summed E-state index contributed by atoms with van der Waals surface area (Å²) in [5, 5.41) is 0. The van der Waals surface area contributed by atoms with Gasteiger partial charge in [0.15, 0.2) is 15.5 Å². The third-order valence-electron chi connectivity index (χ3n) is 1.62. The molecule has 0 aromatic rings. The lowest BCUT2D eigenvalue weighted by atomic mass is 10.1. The van der Waals surface area contributed by atoms with Crippen LogP contribution < -0.4 is 0 Å². The first-order chi connectivity index (χ1) is 5.68. The molecule has 2 nitrogen and oxygen atoms in total. The molecule has 0 bridgehead atoms. The zero-order chi connectivity index (χ0) is 9.40. The maximum Gasteiger partial charge on any atom is 0.161 e. The van der Waals surface area contributed by atoms with Crippen LogP contribution in [-0.4, -0.2) is 22.2 Å². The Morgan fingerprint density at radius 3 is 2.75 bits per heavy atom. The second kappa shape index (κ2) is 7.25. The zero-order valence-corrected chi connectivity index (χ0v) is 9.47. The Morgan fingerprint density at radius 2 is 2.25 bits per heavy atom. The van der Waals surface area contributed by atoms with Crippen LogP contribution in [0.25, 0.3) is 0 Å². The first kappa shape index (κ1) is 11.6. The van der Waals surface area contributed by atoms with Crippen molar-refractivity contribution >= 4 is 15.5 Å². The van der Waals surface area contributed by atoms with Crippen LogP contribution in [0, 0.1) is 0 Å². The van der Waals surface area contributed by atoms with Crippen LogP contribution in [0.1, 0.15) is 26.7 Å². The standard InChI is InChI=1S/C9H18O2Si/c1-4-11-12-7-5-6-9(10)8(2)3/h2,4-7,12H2,1,3H3. The average molecular weight is 186 g/mol. The van der Waals surface area contributed by atoms with Gasteiger partial charge in [-0.25, -0.2) is 0 Å². The summed E-state index contributed by atoms with van der Waals surface area (Å²) in [5.74, 6) is 0.195. The second-order valence-corrected chi connectivity index (χ2v) is 4.38. The predicted molar refractivity (Wildman–Crippen MR) is 54.0 cm³/mol. The number of carbonyl (C=O) groups excluding carboxylic acids is 1. The van der Waals surface area contributed by atoms with Gasteiger partial charge in [0.25, 0.3) is 0 Å². The Balaban J connectivity index is 3.20. The fraction of sp³-hybridized carbons (Fsp3) is 0.667. The van der Waals surface area contributed by atoms with Gasteiger partial charge in [0.05, 0.1) is 0 Å². The average Bonchev–Trinajstić information content (AvgIpc) is 2.03. The Kier molecular flexibility index (Phi) is 7.00. The van der Waals surface area contributed by atoms with Crippen molar-refractivity contribution in [2.75, 3.05) is 6.61 Å². The van der Waals surface area contributed by atoms with Crippen molar-refractivity contribution in [3.8, 4) is 0 Å². The zero-order valence-electron chi connectivity index (χ0n) is 8.06. The second-order valence-electron chi connectivity index (χ2n) is 2.86. The minimum absolute atomic E-state index is 0.195. The van der Waals surface area contributed by atoms with Crippen molar-refractivity contribution in [2.45, 2.75) is 32.7 Å². The van der Waals surface area contributed by atoms with E-state index in [2.05, 4.69) is 6.58 Å². The van der Waals surface area contributed by atoms with E-state index in [0.29, 0.717) is 12.0 Å². The molecule has 0 aromatic heterocycles. The molecule has 0 saturated carbocycles. The van der Waals surface area contributed by atoms with E-state index in [1.165, 1.54) is 0 Å². The Morgan fingerprint density at radius 1 is 1.58 bits per heavy atom. The SMILES string of the molecule is C=C(C)C(=O)CCC[SiH2]OCC. The molecule has 0 atom stereocenters. The molecule has 70 valence electrons. The lowest BCUT2D eigenvalue weighted by molar-refractivity contribution is -0.115. The van der Waals surface area contributed by atoms with E-state index >= 15 is 0 Å². The lowest BCUT2D eigenvalue weighted by Crippen LogP contribution is -2.01. The summed E-state index contributed by atoms with van der Waals surface area (Å²) in [6.45, 7) is 8.19. The minimum Gasteiger partial charge on any atom is -0.424 e. The number of Topliss-reactive ketones (excluding diaryl/α,β-unsaturated/α-hetero) is 1.